The molecule has 128 valence electrons. The molecule has 0 aliphatic rings. The van der Waals surface area contributed by atoms with E-state index in [-0.39, 0.29) is 5.57 Å². The van der Waals surface area contributed by atoms with Gasteiger partial charge in [-0.25, -0.2) is 0 Å². The van der Waals surface area contributed by atoms with Gasteiger partial charge in [-0.1, -0.05) is 32.0 Å². The van der Waals surface area contributed by atoms with Crippen LogP contribution in [0.2, 0.25) is 0 Å². The normalized spacial score (nSPS) is 11.1. The van der Waals surface area contributed by atoms with E-state index in [0.717, 1.165) is 16.8 Å². The molecule has 25 heavy (non-hydrogen) atoms. The van der Waals surface area contributed by atoms with Crippen molar-refractivity contribution in [2.24, 2.45) is 0 Å². The van der Waals surface area contributed by atoms with E-state index < -0.39 is 5.91 Å². The molecule has 2 N–H and O–H groups in total. The van der Waals surface area contributed by atoms with Crippen LogP contribution in [0.4, 0.5) is 11.4 Å². The second-order valence-electron chi connectivity index (χ2n) is 6.42. The molecular weight excluding hydrogens is 310 g/mol. The van der Waals surface area contributed by atoms with Crippen LogP contribution in [0.25, 0.3) is 0 Å². The molecule has 0 saturated heterocycles. The number of amides is 1. The first-order valence-electron chi connectivity index (χ1n) is 8.25. The Bertz CT molecular complexity index is 807. The van der Waals surface area contributed by atoms with Crippen LogP contribution < -0.4 is 10.6 Å². The number of hydrogen-bond acceptors (Lipinski definition) is 3. The number of benzene rings is 2. The van der Waals surface area contributed by atoms with E-state index in [0.29, 0.717) is 11.6 Å². The standard InChI is InChI=1S/C21H23N3O/c1-14(2)17-5-7-19(8-6-17)24-21(25)18(12-22)13-23-20-10-15(3)9-16(4)11-20/h5-11,13-14,23H,1-4H3,(H,24,25)/b18-13-. The third kappa shape index (κ3) is 5.22. The number of nitrogens with zero attached hydrogens (tertiary/aromatic N) is 1. The Kier molecular flexibility index (Phi) is 5.97. The van der Waals surface area contributed by atoms with Crippen molar-refractivity contribution in [2.45, 2.75) is 33.6 Å². The number of nitriles is 1. The van der Waals surface area contributed by atoms with E-state index in [1.807, 2.05) is 56.3 Å². The lowest BCUT2D eigenvalue weighted by Gasteiger charge is -2.09. The maximum atomic E-state index is 12.3. The van der Waals surface area contributed by atoms with Crippen molar-refractivity contribution >= 4 is 17.3 Å². The number of aryl methyl sites for hydroxylation is 2. The zero-order chi connectivity index (χ0) is 18.4. The van der Waals surface area contributed by atoms with E-state index in [1.54, 1.807) is 0 Å². The number of carbonyl (C=O) groups is 1. The van der Waals surface area contributed by atoms with E-state index >= 15 is 0 Å². The predicted octanol–water partition coefficient (Wildman–Crippen LogP) is 4.88. The smallest absolute Gasteiger partial charge is 0.267 e. The van der Waals surface area contributed by atoms with Crippen molar-refractivity contribution in [3.8, 4) is 6.07 Å². The first kappa shape index (κ1) is 18.3. The van der Waals surface area contributed by atoms with E-state index in [1.165, 1.54) is 11.8 Å². The molecule has 0 radical (unpaired) electrons. The lowest BCUT2D eigenvalue weighted by molar-refractivity contribution is -0.112. The van der Waals surface area contributed by atoms with Crippen molar-refractivity contribution in [3.05, 3.63) is 70.9 Å². The van der Waals surface area contributed by atoms with Gasteiger partial charge in [0.15, 0.2) is 0 Å². The Morgan fingerprint density at radius 2 is 1.64 bits per heavy atom. The Morgan fingerprint density at radius 1 is 1.04 bits per heavy atom. The van der Waals surface area contributed by atoms with Crippen molar-refractivity contribution in [1.82, 2.24) is 0 Å². The van der Waals surface area contributed by atoms with Crippen LogP contribution in [-0.2, 0) is 4.79 Å². The lowest BCUT2D eigenvalue weighted by atomic mass is 10.0. The molecule has 0 spiro atoms. The zero-order valence-corrected chi connectivity index (χ0v) is 15.1. The minimum absolute atomic E-state index is 0.0205. The summed E-state index contributed by atoms with van der Waals surface area (Å²) in [4.78, 5) is 12.3. The van der Waals surface area contributed by atoms with Gasteiger partial charge in [-0.05, 0) is 60.7 Å². The van der Waals surface area contributed by atoms with Gasteiger partial charge in [-0.2, -0.15) is 5.26 Å². The fourth-order valence-electron chi connectivity index (χ4n) is 2.51. The van der Waals surface area contributed by atoms with Gasteiger partial charge in [-0.15, -0.1) is 0 Å². The molecule has 0 unspecified atom stereocenters. The number of nitrogens with one attached hydrogen (secondary N) is 2. The minimum atomic E-state index is -0.434. The summed E-state index contributed by atoms with van der Waals surface area (Å²) in [7, 11) is 0. The zero-order valence-electron chi connectivity index (χ0n) is 15.1. The quantitative estimate of drug-likeness (QED) is 0.605. The van der Waals surface area contributed by atoms with Gasteiger partial charge in [0.2, 0.25) is 0 Å². The predicted molar refractivity (Wildman–Crippen MR) is 102 cm³/mol. The second kappa shape index (κ2) is 8.16. The molecule has 2 aromatic rings. The third-order valence-electron chi connectivity index (χ3n) is 3.81. The third-order valence-corrected chi connectivity index (χ3v) is 3.81. The van der Waals surface area contributed by atoms with Crippen LogP contribution in [0, 0.1) is 25.2 Å². The van der Waals surface area contributed by atoms with Gasteiger partial charge in [0.05, 0.1) is 0 Å². The SMILES string of the molecule is Cc1cc(C)cc(N/C=C(/C#N)C(=O)Nc2ccc(C(C)C)cc2)c1. The highest BCUT2D eigenvalue weighted by Gasteiger charge is 2.09. The Hall–Kier alpha value is -3.06. The largest absolute Gasteiger partial charge is 0.360 e. The van der Waals surface area contributed by atoms with Crippen LogP contribution in [0.1, 0.15) is 36.5 Å². The van der Waals surface area contributed by atoms with Crippen LogP contribution in [0.3, 0.4) is 0 Å². The minimum Gasteiger partial charge on any atom is -0.360 e. The lowest BCUT2D eigenvalue weighted by Crippen LogP contribution is -2.14. The van der Waals surface area contributed by atoms with Crippen molar-refractivity contribution in [1.29, 1.82) is 5.26 Å². The van der Waals surface area contributed by atoms with Gasteiger partial charge in [0, 0.05) is 17.6 Å². The molecule has 0 aliphatic heterocycles. The van der Waals surface area contributed by atoms with E-state index in [2.05, 4.69) is 30.5 Å². The fourth-order valence-corrected chi connectivity index (χ4v) is 2.51. The summed E-state index contributed by atoms with van der Waals surface area (Å²) in [5.74, 6) is -0.00188. The average Bonchev–Trinajstić information content (AvgIpc) is 2.55. The summed E-state index contributed by atoms with van der Waals surface area (Å²) in [6, 6.07) is 15.6. The average molecular weight is 333 g/mol. The molecule has 4 heteroatoms. The molecule has 0 fully saturated rings. The summed E-state index contributed by atoms with van der Waals surface area (Å²) >= 11 is 0. The highest BCUT2D eigenvalue weighted by Crippen LogP contribution is 2.18. The van der Waals surface area contributed by atoms with Gasteiger partial charge in [-0.3, -0.25) is 4.79 Å². The van der Waals surface area contributed by atoms with Crippen LogP contribution in [0.5, 0.6) is 0 Å². The summed E-state index contributed by atoms with van der Waals surface area (Å²) in [6.07, 6.45) is 1.44. The molecule has 0 bridgehead atoms. The number of hydrogen-bond donors (Lipinski definition) is 2. The molecule has 0 saturated carbocycles. The molecule has 0 atom stereocenters. The van der Waals surface area contributed by atoms with Crippen LogP contribution >= 0.6 is 0 Å². The first-order valence-corrected chi connectivity index (χ1v) is 8.25. The number of anilines is 2. The van der Waals surface area contributed by atoms with E-state index in [4.69, 9.17) is 0 Å². The van der Waals surface area contributed by atoms with Crippen molar-refractivity contribution < 1.29 is 4.79 Å². The first-order chi connectivity index (χ1) is 11.9. The number of carbonyl (C=O) groups excluding carboxylic acids is 1. The van der Waals surface area contributed by atoms with Gasteiger partial charge < -0.3 is 10.6 Å². The maximum absolute atomic E-state index is 12.3. The van der Waals surface area contributed by atoms with Gasteiger partial charge in [0.1, 0.15) is 11.6 Å². The Morgan fingerprint density at radius 3 is 2.16 bits per heavy atom. The number of rotatable bonds is 5. The monoisotopic (exact) mass is 333 g/mol. The molecule has 2 aromatic carbocycles. The summed E-state index contributed by atoms with van der Waals surface area (Å²) in [5, 5.41) is 15.0. The van der Waals surface area contributed by atoms with Crippen molar-refractivity contribution in [2.75, 3.05) is 10.6 Å². The van der Waals surface area contributed by atoms with Crippen LogP contribution in [0.15, 0.2) is 54.2 Å². The molecule has 0 aliphatic carbocycles. The summed E-state index contributed by atoms with van der Waals surface area (Å²) in [5.41, 5.74) is 4.96. The molecule has 4 nitrogen and oxygen atoms in total. The Labute approximate surface area is 149 Å². The second-order valence-corrected chi connectivity index (χ2v) is 6.42. The van der Waals surface area contributed by atoms with Gasteiger partial charge >= 0.3 is 0 Å². The van der Waals surface area contributed by atoms with Crippen LogP contribution in [-0.4, -0.2) is 5.91 Å². The highest BCUT2D eigenvalue weighted by atomic mass is 16.1. The summed E-state index contributed by atoms with van der Waals surface area (Å²) < 4.78 is 0. The molecule has 1 amide bonds. The Balaban J connectivity index is 2.08. The van der Waals surface area contributed by atoms with E-state index in [9.17, 15) is 10.1 Å². The maximum Gasteiger partial charge on any atom is 0.267 e. The molecule has 0 heterocycles. The topological polar surface area (TPSA) is 64.9 Å². The fraction of sp³-hybridized carbons (Fsp3) is 0.238. The summed E-state index contributed by atoms with van der Waals surface area (Å²) in [6.45, 7) is 8.23. The van der Waals surface area contributed by atoms with Gasteiger partial charge in [0.25, 0.3) is 5.91 Å². The molecular formula is C21H23N3O. The molecule has 2 rings (SSSR count). The van der Waals surface area contributed by atoms with Crippen molar-refractivity contribution in [3.63, 3.8) is 0 Å². The highest BCUT2D eigenvalue weighted by molar-refractivity contribution is 6.06. The molecule has 0 aromatic heterocycles.